The zero-order chi connectivity index (χ0) is 22.5. The maximum Gasteiger partial charge on any atom is 0.246 e. The Kier molecular flexibility index (Phi) is 7.06. The van der Waals surface area contributed by atoms with Crippen molar-refractivity contribution in [2.75, 3.05) is 26.8 Å². The zero-order valence-electron chi connectivity index (χ0n) is 19.2. The number of carbonyl (C=O) groups excluding carboxylic acids is 1. The van der Waals surface area contributed by atoms with E-state index < -0.39 is 0 Å². The smallest absolute Gasteiger partial charge is 0.246 e. The second-order valence-corrected chi connectivity index (χ2v) is 7.38. The molecule has 5 heteroatoms. The minimum Gasteiger partial charge on any atom is -0.496 e. The number of nitrogens with zero attached hydrogens (tertiary/aromatic N) is 1. The van der Waals surface area contributed by atoms with E-state index in [4.69, 9.17) is 13.9 Å². The van der Waals surface area contributed by atoms with Gasteiger partial charge in [-0.2, -0.15) is 0 Å². The third-order valence-electron chi connectivity index (χ3n) is 5.57. The fraction of sp³-hybridized carbons (Fsp3) is 0.346. The number of rotatable bonds is 8. The molecule has 0 aliphatic carbocycles. The largest absolute Gasteiger partial charge is 0.496 e. The van der Waals surface area contributed by atoms with Gasteiger partial charge in [0.25, 0.3) is 0 Å². The van der Waals surface area contributed by atoms with Gasteiger partial charge in [0.05, 0.1) is 20.0 Å². The van der Waals surface area contributed by atoms with Gasteiger partial charge in [-0.05, 0) is 52.3 Å². The van der Waals surface area contributed by atoms with Gasteiger partial charge in [0.15, 0.2) is 0 Å². The van der Waals surface area contributed by atoms with Crippen molar-refractivity contribution >= 4 is 22.4 Å². The Morgan fingerprint density at radius 3 is 2.48 bits per heavy atom. The van der Waals surface area contributed by atoms with Crippen molar-refractivity contribution in [3.8, 4) is 22.6 Å². The second-order valence-electron chi connectivity index (χ2n) is 7.38. The molecule has 0 spiro atoms. The topological polar surface area (TPSA) is 51.9 Å². The minimum atomic E-state index is -0.000144. The average molecular weight is 422 g/mol. The fourth-order valence-corrected chi connectivity index (χ4v) is 3.90. The standard InChI is InChI=1S/C26H31NO4/c1-7-27(8-2)24(28)14-17(4)20-15-21-22(19-12-10-11-13-23(19)29-6)16-31-26(21)18(5)25(20)30-9-3/h10-16H,7-9H2,1-6H3/b17-14+. The van der Waals surface area contributed by atoms with Gasteiger partial charge in [-0.25, -0.2) is 0 Å². The molecule has 164 valence electrons. The maximum absolute atomic E-state index is 12.7. The summed E-state index contributed by atoms with van der Waals surface area (Å²) in [4.78, 5) is 14.5. The quantitative estimate of drug-likeness (QED) is 0.413. The summed E-state index contributed by atoms with van der Waals surface area (Å²) in [5.74, 6) is 1.53. The summed E-state index contributed by atoms with van der Waals surface area (Å²) in [6.07, 6.45) is 3.45. The molecule has 3 aromatic rings. The van der Waals surface area contributed by atoms with E-state index in [1.54, 1.807) is 24.3 Å². The summed E-state index contributed by atoms with van der Waals surface area (Å²) in [6, 6.07) is 9.93. The molecule has 0 unspecified atom stereocenters. The molecule has 0 bridgehead atoms. The van der Waals surface area contributed by atoms with Crippen LogP contribution in [0.5, 0.6) is 11.5 Å². The van der Waals surface area contributed by atoms with E-state index in [2.05, 4.69) is 6.07 Å². The van der Waals surface area contributed by atoms with Crippen LogP contribution in [0.15, 0.2) is 47.1 Å². The van der Waals surface area contributed by atoms with E-state index in [-0.39, 0.29) is 5.91 Å². The van der Waals surface area contributed by atoms with Crippen molar-refractivity contribution in [1.29, 1.82) is 0 Å². The number of carbonyl (C=O) groups is 1. The number of amides is 1. The third-order valence-corrected chi connectivity index (χ3v) is 5.57. The summed E-state index contributed by atoms with van der Waals surface area (Å²) in [6.45, 7) is 11.7. The first-order chi connectivity index (χ1) is 15.0. The van der Waals surface area contributed by atoms with E-state index >= 15 is 0 Å². The molecular weight excluding hydrogens is 390 g/mol. The molecule has 2 aromatic carbocycles. The lowest BCUT2D eigenvalue weighted by Gasteiger charge is -2.18. The highest BCUT2D eigenvalue weighted by molar-refractivity contribution is 6.02. The monoisotopic (exact) mass is 421 g/mol. The van der Waals surface area contributed by atoms with Gasteiger partial charge in [-0.15, -0.1) is 0 Å². The number of ether oxygens (including phenoxy) is 2. The van der Waals surface area contributed by atoms with Crippen LogP contribution in [0.3, 0.4) is 0 Å². The summed E-state index contributed by atoms with van der Waals surface area (Å²) >= 11 is 0. The molecule has 1 heterocycles. The van der Waals surface area contributed by atoms with Gasteiger partial charge in [-0.1, -0.05) is 18.2 Å². The Balaban J connectivity index is 2.23. The number of furan rings is 1. The Morgan fingerprint density at radius 1 is 1.13 bits per heavy atom. The number of aryl methyl sites for hydroxylation is 1. The van der Waals surface area contributed by atoms with Crippen molar-refractivity contribution in [2.24, 2.45) is 0 Å². The first kappa shape index (κ1) is 22.5. The van der Waals surface area contributed by atoms with Gasteiger partial charge < -0.3 is 18.8 Å². The number of methoxy groups -OCH3 is 1. The molecule has 1 amide bonds. The van der Waals surface area contributed by atoms with Crippen LogP contribution < -0.4 is 9.47 Å². The number of benzene rings is 2. The van der Waals surface area contributed by atoms with Crippen molar-refractivity contribution in [1.82, 2.24) is 4.90 Å². The number of likely N-dealkylation sites (N-methyl/N-ethyl adjacent to an activating group) is 1. The summed E-state index contributed by atoms with van der Waals surface area (Å²) < 4.78 is 17.5. The average Bonchev–Trinajstić information content (AvgIpc) is 3.20. The molecule has 0 atom stereocenters. The summed E-state index contributed by atoms with van der Waals surface area (Å²) in [5.41, 5.74) is 5.35. The highest BCUT2D eigenvalue weighted by atomic mass is 16.5. The number of allylic oxidation sites excluding steroid dienone is 1. The van der Waals surface area contributed by atoms with E-state index in [1.807, 2.05) is 58.9 Å². The van der Waals surface area contributed by atoms with E-state index in [9.17, 15) is 4.79 Å². The highest BCUT2D eigenvalue weighted by Gasteiger charge is 2.20. The molecule has 3 rings (SSSR count). The molecule has 1 aromatic heterocycles. The zero-order valence-corrected chi connectivity index (χ0v) is 19.2. The number of para-hydroxylation sites is 1. The Hall–Kier alpha value is -3.21. The number of fused-ring (bicyclic) bond motifs is 1. The van der Waals surface area contributed by atoms with Gasteiger partial charge in [0.1, 0.15) is 17.1 Å². The van der Waals surface area contributed by atoms with E-state index in [1.165, 1.54) is 0 Å². The molecule has 0 saturated carbocycles. The predicted molar refractivity (Wildman–Crippen MR) is 126 cm³/mol. The normalized spacial score (nSPS) is 11.6. The lowest BCUT2D eigenvalue weighted by molar-refractivity contribution is -0.125. The molecule has 0 fully saturated rings. The van der Waals surface area contributed by atoms with Gasteiger partial charge in [0.2, 0.25) is 5.91 Å². The van der Waals surface area contributed by atoms with Crippen LogP contribution >= 0.6 is 0 Å². The van der Waals surface area contributed by atoms with E-state index in [0.29, 0.717) is 19.7 Å². The Morgan fingerprint density at radius 2 is 1.84 bits per heavy atom. The van der Waals surface area contributed by atoms with Gasteiger partial charge >= 0.3 is 0 Å². The van der Waals surface area contributed by atoms with Crippen molar-refractivity contribution in [2.45, 2.75) is 34.6 Å². The van der Waals surface area contributed by atoms with Crippen LogP contribution in [0, 0.1) is 6.92 Å². The highest BCUT2D eigenvalue weighted by Crippen LogP contribution is 2.42. The van der Waals surface area contributed by atoms with E-state index in [0.717, 1.165) is 50.3 Å². The molecule has 0 N–H and O–H groups in total. The Labute approximate surface area is 184 Å². The Bertz CT molecular complexity index is 1110. The fourth-order valence-electron chi connectivity index (χ4n) is 3.90. The molecule has 0 radical (unpaired) electrons. The second kappa shape index (κ2) is 9.73. The SMILES string of the molecule is CCOc1c(/C(C)=C/C(=O)N(CC)CC)cc2c(-c3ccccc3OC)coc2c1C. The number of hydrogen-bond acceptors (Lipinski definition) is 4. The lowest BCUT2D eigenvalue weighted by Crippen LogP contribution is -2.28. The molecule has 31 heavy (non-hydrogen) atoms. The molecule has 0 saturated heterocycles. The molecule has 5 nitrogen and oxygen atoms in total. The van der Waals surface area contributed by atoms with Crippen LogP contribution in [-0.4, -0.2) is 37.6 Å². The molecular formula is C26H31NO4. The van der Waals surface area contributed by atoms with Gasteiger partial charge in [-0.3, -0.25) is 4.79 Å². The summed E-state index contributed by atoms with van der Waals surface area (Å²) in [7, 11) is 1.66. The van der Waals surface area contributed by atoms with Crippen molar-refractivity contribution < 1.29 is 18.7 Å². The van der Waals surface area contributed by atoms with Gasteiger partial charge in [0, 0.05) is 46.8 Å². The minimum absolute atomic E-state index is 0.000144. The first-order valence-corrected chi connectivity index (χ1v) is 10.7. The first-order valence-electron chi connectivity index (χ1n) is 10.7. The third kappa shape index (κ3) is 4.31. The molecule has 0 aliphatic rings. The predicted octanol–water partition coefficient (Wildman–Crippen LogP) is 6.09. The maximum atomic E-state index is 12.7. The van der Waals surface area contributed by atoms with Crippen LogP contribution in [0.25, 0.3) is 27.7 Å². The van der Waals surface area contributed by atoms with Crippen LogP contribution in [0.2, 0.25) is 0 Å². The lowest BCUT2D eigenvalue weighted by atomic mass is 9.96. The van der Waals surface area contributed by atoms with Crippen molar-refractivity contribution in [3.05, 3.63) is 53.8 Å². The molecule has 0 aliphatic heterocycles. The van der Waals surface area contributed by atoms with Crippen molar-refractivity contribution in [3.63, 3.8) is 0 Å². The van der Waals surface area contributed by atoms with Crippen LogP contribution in [0.1, 0.15) is 38.8 Å². The van der Waals surface area contributed by atoms with Crippen LogP contribution in [-0.2, 0) is 4.79 Å². The van der Waals surface area contributed by atoms with Crippen LogP contribution in [0.4, 0.5) is 0 Å². The number of hydrogen-bond donors (Lipinski definition) is 0. The summed E-state index contributed by atoms with van der Waals surface area (Å²) in [5, 5.41) is 0.962.